The molecule has 1 aliphatic carbocycles. The quantitative estimate of drug-likeness (QED) is 0.179. The molecule has 2 aliphatic rings. The number of aromatic nitrogens is 1. The van der Waals surface area contributed by atoms with E-state index in [9.17, 15) is 0 Å². The fourth-order valence-corrected chi connectivity index (χ4v) is 7.75. The molecule has 2 heterocycles. The Morgan fingerprint density at radius 2 is 1.49 bits per heavy atom. The second-order valence-corrected chi connectivity index (χ2v) is 12.4. The van der Waals surface area contributed by atoms with Gasteiger partial charge in [-0.3, -0.25) is 0 Å². The Morgan fingerprint density at radius 1 is 0.702 bits per heavy atom. The summed E-state index contributed by atoms with van der Waals surface area (Å²) in [6.45, 7) is 6.00. The Morgan fingerprint density at radius 3 is 2.36 bits per heavy atom. The van der Waals surface area contributed by atoms with Crippen LogP contribution in [0.15, 0.2) is 164 Å². The Labute approximate surface area is 274 Å². The normalized spacial score (nSPS) is 17.2. The van der Waals surface area contributed by atoms with Crippen LogP contribution in [0.2, 0.25) is 0 Å². The van der Waals surface area contributed by atoms with Crippen LogP contribution in [0.1, 0.15) is 18.4 Å². The van der Waals surface area contributed by atoms with Gasteiger partial charge in [0.25, 0.3) is 0 Å². The van der Waals surface area contributed by atoms with Crippen LogP contribution >= 0.6 is 0 Å². The lowest BCUT2D eigenvalue weighted by Crippen LogP contribution is -2.27. The summed E-state index contributed by atoms with van der Waals surface area (Å²) in [6, 6.07) is 40.2. The van der Waals surface area contributed by atoms with E-state index in [1.165, 1.54) is 71.2 Å². The van der Waals surface area contributed by atoms with Gasteiger partial charge >= 0.3 is 0 Å². The first kappa shape index (κ1) is 27.5. The van der Waals surface area contributed by atoms with Gasteiger partial charge in [0.05, 0.1) is 11.0 Å². The van der Waals surface area contributed by atoms with E-state index >= 15 is 0 Å². The summed E-state index contributed by atoms with van der Waals surface area (Å²) in [5.74, 6) is 1.20. The molecule has 0 saturated heterocycles. The van der Waals surface area contributed by atoms with E-state index < -0.39 is 0 Å². The van der Waals surface area contributed by atoms with E-state index in [0.717, 1.165) is 11.4 Å². The molecule has 2 atom stereocenters. The molecule has 0 fully saturated rings. The first-order valence-electron chi connectivity index (χ1n) is 16.3. The molecule has 1 aromatic heterocycles. The molecule has 2 unspecified atom stereocenters. The average Bonchev–Trinajstić information content (AvgIpc) is 3.44. The summed E-state index contributed by atoms with van der Waals surface area (Å²) in [6.07, 6.45) is 16.8. The minimum Gasteiger partial charge on any atom is -0.485 e. The highest BCUT2D eigenvalue weighted by Crippen LogP contribution is 2.46. The van der Waals surface area contributed by atoms with Crippen LogP contribution in [0.3, 0.4) is 0 Å². The lowest BCUT2D eigenvalue weighted by Gasteiger charge is -2.32. The zero-order valence-electron chi connectivity index (χ0n) is 26.2. The van der Waals surface area contributed by atoms with Gasteiger partial charge in [0.2, 0.25) is 0 Å². The monoisotopic (exact) mass is 603 g/mol. The van der Waals surface area contributed by atoms with Gasteiger partial charge in [-0.1, -0.05) is 122 Å². The molecule has 7 aromatic rings. The fourth-order valence-electron chi connectivity index (χ4n) is 7.75. The van der Waals surface area contributed by atoms with Crippen LogP contribution in [0.4, 0.5) is 0 Å². The van der Waals surface area contributed by atoms with Crippen LogP contribution in [0.5, 0.6) is 5.75 Å². The van der Waals surface area contributed by atoms with Crippen molar-refractivity contribution in [2.75, 3.05) is 0 Å². The van der Waals surface area contributed by atoms with E-state index in [-0.39, 0.29) is 12.0 Å². The third kappa shape index (κ3) is 4.26. The van der Waals surface area contributed by atoms with E-state index in [1.807, 2.05) is 12.2 Å². The Kier molecular flexibility index (Phi) is 6.36. The zero-order chi connectivity index (χ0) is 31.5. The second-order valence-electron chi connectivity index (χ2n) is 12.4. The van der Waals surface area contributed by atoms with E-state index in [4.69, 9.17) is 4.74 Å². The van der Waals surface area contributed by atoms with Crippen molar-refractivity contribution in [2.45, 2.75) is 18.9 Å². The molecule has 0 N–H and O–H groups in total. The van der Waals surface area contributed by atoms with Crippen LogP contribution in [0, 0.1) is 0 Å². The molecule has 0 spiro atoms. The molecular weight excluding hydrogens is 571 g/mol. The number of allylic oxidation sites excluding steroid dienone is 7. The Bertz CT molecular complexity index is 2540. The van der Waals surface area contributed by atoms with Gasteiger partial charge in [-0.2, -0.15) is 0 Å². The predicted octanol–water partition coefficient (Wildman–Crippen LogP) is 12.0. The number of rotatable bonds is 5. The van der Waals surface area contributed by atoms with Crippen molar-refractivity contribution in [3.63, 3.8) is 0 Å². The summed E-state index contributed by atoms with van der Waals surface area (Å²) >= 11 is 0. The van der Waals surface area contributed by atoms with Crippen molar-refractivity contribution < 1.29 is 4.74 Å². The standard InChI is InChI=1S/C45H33NO/c1-3-5-16-32(4-2)46-41-22-8-6-17-35(41)40-27-31-15-11-19-33(39(31)28-42(40)46)29-13-10-14-30(26-29)34-24-25-44-45-37(34)20-12-21-38(45)36-18-7-9-23-43(36)47-44/h3-28,36,43H,1H2,2H3/b16-5-,32-4+. The number of hydrogen-bond donors (Lipinski definition) is 0. The number of ether oxygens (including phenoxy) is 1. The molecule has 1 aliphatic heterocycles. The maximum atomic E-state index is 6.50. The molecule has 2 nitrogen and oxygen atoms in total. The van der Waals surface area contributed by atoms with Crippen LogP contribution in [-0.2, 0) is 0 Å². The summed E-state index contributed by atoms with van der Waals surface area (Å²) < 4.78 is 8.87. The number of fused-ring (bicyclic) bond motifs is 6. The van der Waals surface area contributed by atoms with Gasteiger partial charge in [-0.05, 0) is 93.4 Å². The largest absolute Gasteiger partial charge is 0.485 e. The fraction of sp³-hybridized carbons (Fsp3) is 0.0667. The molecule has 9 rings (SSSR count). The van der Waals surface area contributed by atoms with Crippen molar-refractivity contribution >= 4 is 49.0 Å². The van der Waals surface area contributed by atoms with E-state index in [0.29, 0.717) is 0 Å². The van der Waals surface area contributed by atoms with Gasteiger partial charge in [-0.25, -0.2) is 0 Å². The lowest BCUT2D eigenvalue weighted by molar-refractivity contribution is 0.227. The van der Waals surface area contributed by atoms with Crippen molar-refractivity contribution in [1.82, 2.24) is 4.57 Å². The van der Waals surface area contributed by atoms with Gasteiger partial charge in [0, 0.05) is 27.8 Å². The molecule has 6 aromatic carbocycles. The minimum absolute atomic E-state index is 0.0470. The number of benzene rings is 6. The molecule has 0 saturated carbocycles. The summed E-state index contributed by atoms with van der Waals surface area (Å²) in [5.41, 5.74) is 9.69. The van der Waals surface area contributed by atoms with Crippen molar-refractivity contribution in [3.05, 3.63) is 170 Å². The average molecular weight is 604 g/mol. The highest BCUT2D eigenvalue weighted by Gasteiger charge is 2.30. The van der Waals surface area contributed by atoms with Crippen molar-refractivity contribution in [1.29, 1.82) is 0 Å². The number of hydrogen-bond acceptors (Lipinski definition) is 1. The second kappa shape index (κ2) is 10.9. The van der Waals surface area contributed by atoms with Gasteiger partial charge in [0.15, 0.2) is 0 Å². The molecule has 0 radical (unpaired) electrons. The molecule has 47 heavy (non-hydrogen) atoms. The van der Waals surface area contributed by atoms with Gasteiger partial charge < -0.3 is 9.30 Å². The Hall–Kier alpha value is -5.86. The lowest BCUT2D eigenvalue weighted by atomic mass is 9.83. The first-order valence-corrected chi connectivity index (χ1v) is 16.3. The first-order chi connectivity index (χ1) is 23.2. The van der Waals surface area contributed by atoms with Gasteiger partial charge in [-0.15, -0.1) is 0 Å². The van der Waals surface area contributed by atoms with Crippen LogP contribution < -0.4 is 4.74 Å². The highest BCUT2D eigenvalue weighted by atomic mass is 16.5. The summed E-state index contributed by atoms with van der Waals surface area (Å²) in [7, 11) is 0. The predicted molar refractivity (Wildman–Crippen MR) is 200 cm³/mol. The molecule has 0 bridgehead atoms. The van der Waals surface area contributed by atoms with Gasteiger partial charge in [0.1, 0.15) is 11.9 Å². The molecule has 0 amide bonds. The topological polar surface area (TPSA) is 14.2 Å². The molecule has 224 valence electrons. The van der Waals surface area contributed by atoms with Crippen molar-refractivity contribution in [2.24, 2.45) is 0 Å². The Balaban J connectivity index is 1.23. The number of nitrogens with zero attached hydrogens (tertiary/aromatic N) is 1. The smallest absolute Gasteiger partial charge is 0.128 e. The van der Waals surface area contributed by atoms with Crippen LogP contribution in [-0.4, -0.2) is 10.7 Å². The van der Waals surface area contributed by atoms with E-state index in [2.05, 4.69) is 164 Å². The maximum Gasteiger partial charge on any atom is 0.128 e. The maximum absolute atomic E-state index is 6.50. The zero-order valence-corrected chi connectivity index (χ0v) is 26.2. The summed E-state index contributed by atoms with van der Waals surface area (Å²) in [5, 5.41) is 7.42. The third-order valence-electron chi connectivity index (χ3n) is 9.86. The number of para-hydroxylation sites is 1. The van der Waals surface area contributed by atoms with Crippen LogP contribution in [0.25, 0.3) is 71.3 Å². The van der Waals surface area contributed by atoms with E-state index in [1.54, 1.807) is 0 Å². The highest BCUT2D eigenvalue weighted by molar-refractivity contribution is 6.16. The minimum atomic E-state index is 0.0470. The SMILES string of the molecule is C=C/C=C\C(=C/C)n1c2ccccc2c2cc3cccc(-c4cccc(-c5ccc6c7c(cccc57)C5C=CC=CC5O6)c4)c3cc21. The summed E-state index contributed by atoms with van der Waals surface area (Å²) in [4.78, 5) is 0. The van der Waals surface area contributed by atoms with Crippen molar-refractivity contribution in [3.8, 4) is 28.0 Å². The third-order valence-corrected chi connectivity index (χ3v) is 9.86. The molecular formula is C45H33NO. The molecule has 2 heteroatoms.